The van der Waals surface area contributed by atoms with Crippen molar-refractivity contribution in [2.24, 2.45) is 5.73 Å². The largest absolute Gasteiger partial charge is 0.367 e. The van der Waals surface area contributed by atoms with Gasteiger partial charge in [0.1, 0.15) is 0 Å². The highest BCUT2D eigenvalue weighted by Gasteiger charge is 2.10. The summed E-state index contributed by atoms with van der Waals surface area (Å²) >= 11 is 0. The molecule has 0 saturated heterocycles. The molecular formula is C10H17N3O. The van der Waals surface area contributed by atoms with Gasteiger partial charge in [-0.25, -0.2) is 0 Å². The van der Waals surface area contributed by atoms with E-state index in [1.165, 1.54) is 0 Å². The Bertz CT molecular complexity index is 280. The molecule has 1 amide bonds. The van der Waals surface area contributed by atoms with Gasteiger partial charge in [0.15, 0.2) is 0 Å². The number of hydrogen-bond donors (Lipinski definition) is 2. The minimum absolute atomic E-state index is 0.0730. The molecule has 14 heavy (non-hydrogen) atoms. The van der Waals surface area contributed by atoms with E-state index in [1.807, 2.05) is 25.4 Å². The number of nitrogens with one attached hydrogen (secondary N) is 1. The van der Waals surface area contributed by atoms with Crippen LogP contribution in [-0.2, 0) is 11.3 Å². The highest BCUT2D eigenvalue weighted by Crippen LogP contribution is 2.03. The lowest BCUT2D eigenvalue weighted by molar-refractivity contribution is -0.130. The van der Waals surface area contributed by atoms with Crippen LogP contribution in [0.1, 0.15) is 18.9 Å². The summed E-state index contributed by atoms with van der Waals surface area (Å²) < 4.78 is 0. The van der Waals surface area contributed by atoms with Crippen LogP contribution in [0.5, 0.6) is 0 Å². The Balaban J connectivity index is 2.42. The Morgan fingerprint density at radius 2 is 2.43 bits per heavy atom. The summed E-state index contributed by atoms with van der Waals surface area (Å²) in [4.78, 5) is 16.2. The van der Waals surface area contributed by atoms with Crippen molar-refractivity contribution in [1.82, 2.24) is 9.88 Å². The van der Waals surface area contributed by atoms with Crippen molar-refractivity contribution in [1.29, 1.82) is 0 Å². The third-order valence-corrected chi connectivity index (χ3v) is 2.00. The third kappa shape index (κ3) is 3.22. The maximum atomic E-state index is 11.5. The first-order chi connectivity index (χ1) is 6.59. The van der Waals surface area contributed by atoms with Crippen LogP contribution >= 0.6 is 0 Å². The van der Waals surface area contributed by atoms with Crippen LogP contribution in [0.2, 0.25) is 0 Å². The molecule has 0 aromatic carbocycles. The van der Waals surface area contributed by atoms with E-state index in [1.54, 1.807) is 11.9 Å². The third-order valence-electron chi connectivity index (χ3n) is 2.00. The fourth-order valence-corrected chi connectivity index (χ4v) is 1.25. The van der Waals surface area contributed by atoms with Crippen LogP contribution in [0.25, 0.3) is 0 Å². The lowest BCUT2D eigenvalue weighted by Gasteiger charge is -2.17. The standard InChI is InChI=1S/C10H17N3O/c1-8(11)5-10(14)13(2)7-9-3-4-12-6-9/h3-4,6,8,12H,5,7,11H2,1-2H3. The monoisotopic (exact) mass is 195 g/mol. The minimum Gasteiger partial charge on any atom is -0.367 e. The minimum atomic E-state index is -0.0730. The van der Waals surface area contributed by atoms with Gasteiger partial charge >= 0.3 is 0 Å². The molecule has 3 N–H and O–H groups in total. The van der Waals surface area contributed by atoms with Gasteiger partial charge in [-0.15, -0.1) is 0 Å². The quantitative estimate of drug-likeness (QED) is 0.743. The zero-order chi connectivity index (χ0) is 10.6. The highest BCUT2D eigenvalue weighted by atomic mass is 16.2. The summed E-state index contributed by atoms with van der Waals surface area (Å²) in [5, 5.41) is 0. The smallest absolute Gasteiger partial charge is 0.224 e. The van der Waals surface area contributed by atoms with Crippen LogP contribution in [0, 0.1) is 0 Å². The Hall–Kier alpha value is -1.29. The first-order valence-electron chi connectivity index (χ1n) is 4.71. The second-order valence-corrected chi connectivity index (χ2v) is 3.65. The molecule has 0 aliphatic rings. The fraction of sp³-hybridized carbons (Fsp3) is 0.500. The second-order valence-electron chi connectivity index (χ2n) is 3.65. The van der Waals surface area contributed by atoms with Crippen molar-refractivity contribution < 1.29 is 4.79 Å². The Morgan fingerprint density at radius 1 is 1.71 bits per heavy atom. The van der Waals surface area contributed by atoms with Gasteiger partial charge in [-0.05, 0) is 18.6 Å². The normalized spacial score (nSPS) is 12.5. The molecule has 4 nitrogen and oxygen atoms in total. The maximum absolute atomic E-state index is 11.5. The van der Waals surface area contributed by atoms with Gasteiger partial charge in [0, 0.05) is 38.4 Å². The van der Waals surface area contributed by atoms with E-state index >= 15 is 0 Å². The molecule has 1 rings (SSSR count). The molecule has 4 heteroatoms. The molecule has 1 heterocycles. The van der Waals surface area contributed by atoms with Gasteiger partial charge in [0.2, 0.25) is 5.91 Å². The molecule has 1 unspecified atom stereocenters. The first kappa shape index (κ1) is 10.8. The van der Waals surface area contributed by atoms with E-state index in [9.17, 15) is 4.79 Å². The van der Waals surface area contributed by atoms with E-state index < -0.39 is 0 Å². The zero-order valence-electron chi connectivity index (χ0n) is 8.66. The summed E-state index contributed by atoms with van der Waals surface area (Å²) in [7, 11) is 1.79. The van der Waals surface area contributed by atoms with Crippen LogP contribution in [0.3, 0.4) is 0 Å². The number of carbonyl (C=O) groups is 1. The average molecular weight is 195 g/mol. The van der Waals surface area contributed by atoms with E-state index in [0.717, 1.165) is 5.56 Å². The van der Waals surface area contributed by atoms with Gasteiger partial charge in [-0.3, -0.25) is 4.79 Å². The van der Waals surface area contributed by atoms with E-state index in [2.05, 4.69) is 4.98 Å². The van der Waals surface area contributed by atoms with Crippen LogP contribution in [-0.4, -0.2) is 28.9 Å². The van der Waals surface area contributed by atoms with Crippen molar-refractivity contribution in [3.05, 3.63) is 24.0 Å². The molecule has 1 atom stereocenters. The van der Waals surface area contributed by atoms with E-state index in [-0.39, 0.29) is 11.9 Å². The lowest BCUT2D eigenvalue weighted by atomic mass is 10.2. The second kappa shape index (κ2) is 4.81. The predicted molar refractivity (Wildman–Crippen MR) is 55.5 cm³/mol. The number of amides is 1. The van der Waals surface area contributed by atoms with Crippen molar-refractivity contribution in [2.45, 2.75) is 25.9 Å². The molecule has 1 aromatic rings. The molecule has 0 radical (unpaired) electrons. The SMILES string of the molecule is CC(N)CC(=O)N(C)Cc1cc[nH]c1. The maximum Gasteiger partial charge on any atom is 0.224 e. The molecule has 0 bridgehead atoms. The number of rotatable bonds is 4. The van der Waals surface area contributed by atoms with Gasteiger partial charge in [-0.1, -0.05) is 0 Å². The summed E-state index contributed by atoms with van der Waals surface area (Å²) in [5.41, 5.74) is 6.65. The molecule has 0 aliphatic carbocycles. The Kier molecular flexibility index (Phi) is 3.71. The molecule has 0 fully saturated rings. The summed E-state index contributed by atoms with van der Waals surface area (Å²) in [6.45, 7) is 2.47. The van der Waals surface area contributed by atoms with Crippen molar-refractivity contribution >= 4 is 5.91 Å². The number of nitrogens with zero attached hydrogens (tertiary/aromatic N) is 1. The Morgan fingerprint density at radius 3 is 2.93 bits per heavy atom. The molecule has 0 aliphatic heterocycles. The molecular weight excluding hydrogens is 178 g/mol. The van der Waals surface area contributed by atoms with Gasteiger partial charge in [0.25, 0.3) is 0 Å². The van der Waals surface area contributed by atoms with Gasteiger partial charge in [-0.2, -0.15) is 0 Å². The molecule has 78 valence electrons. The van der Waals surface area contributed by atoms with Gasteiger partial charge < -0.3 is 15.6 Å². The van der Waals surface area contributed by atoms with Crippen LogP contribution < -0.4 is 5.73 Å². The summed E-state index contributed by atoms with van der Waals surface area (Å²) in [6, 6.07) is 1.88. The number of nitrogens with two attached hydrogens (primary N) is 1. The summed E-state index contributed by atoms with van der Waals surface area (Å²) in [6.07, 6.45) is 4.13. The molecule has 1 aromatic heterocycles. The summed E-state index contributed by atoms with van der Waals surface area (Å²) in [5.74, 6) is 0.0844. The van der Waals surface area contributed by atoms with Crippen molar-refractivity contribution in [2.75, 3.05) is 7.05 Å². The van der Waals surface area contributed by atoms with Crippen LogP contribution in [0.15, 0.2) is 18.5 Å². The number of carbonyl (C=O) groups excluding carboxylic acids is 1. The first-order valence-corrected chi connectivity index (χ1v) is 4.71. The average Bonchev–Trinajstić information content (AvgIpc) is 2.55. The number of hydrogen-bond acceptors (Lipinski definition) is 2. The fourth-order valence-electron chi connectivity index (χ4n) is 1.25. The van der Waals surface area contributed by atoms with Crippen molar-refractivity contribution in [3.8, 4) is 0 Å². The predicted octanol–water partition coefficient (Wildman–Crippen LogP) is 0.710. The van der Waals surface area contributed by atoms with Crippen LogP contribution in [0.4, 0.5) is 0 Å². The van der Waals surface area contributed by atoms with E-state index in [4.69, 9.17) is 5.73 Å². The Labute approximate surface area is 84.1 Å². The van der Waals surface area contributed by atoms with E-state index in [0.29, 0.717) is 13.0 Å². The van der Waals surface area contributed by atoms with Gasteiger partial charge in [0.05, 0.1) is 0 Å². The number of H-pyrrole nitrogens is 1. The number of aromatic nitrogens is 1. The lowest BCUT2D eigenvalue weighted by Crippen LogP contribution is -2.31. The zero-order valence-corrected chi connectivity index (χ0v) is 8.66. The molecule has 0 saturated carbocycles. The van der Waals surface area contributed by atoms with Crippen molar-refractivity contribution in [3.63, 3.8) is 0 Å². The topological polar surface area (TPSA) is 62.1 Å². The number of aromatic amines is 1. The highest BCUT2D eigenvalue weighted by molar-refractivity contribution is 5.76. The molecule has 0 spiro atoms.